The van der Waals surface area contributed by atoms with Crippen LogP contribution < -0.4 is 0 Å². The molecule has 1 atom stereocenters. The van der Waals surface area contributed by atoms with Crippen molar-refractivity contribution < 1.29 is 9.53 Å². The van der Waals surface area contributed by atoms with Gasteiger partial charge in [-0.05, 0) is 38.2 Å². The number of esters is 1. The largest absolute Gasteiger partial charge is 0.458 e. The molecule has 0 amide bonds. The molecule has 0 aromatic carbocycles. The highest BCUT2D eigenvalue weighted by atomic mass is 16.5. The van der Waals surface area contributed by atoms with Gasteiger partial charge in [-0.15, -0.1) is 0 Å². The molecule has 0 N–H and O–H groups in total. The van der Waals surface area contributed by atoms with Crippen LogP contribution in [0.25, 0.3) is 0 Å². The minimum absolute atomic E-state index is 0.0249. The third kappa shape index (κ3) is 4.50. The Morgan fingerprint density at radius 3 is 3.00 bits per heavy atom. The molecule has 0 spiro atoms. The van der Waals surface area contributed by atoms with Crippen molar-refractivity contribution in [3.05, 3.63) is 11.6 Å². The summed E-state index contributed by atoms with van der Waals surface area (Å²) in [5.41, 5.74) is 1.23. The zero-order chi connectivity index (χ0) is 11.1. The summed E-state index contributed by atoms with van der Waals surface area (Å²) in [4.78, 5) is 11.5. The van der Waals surface area contributed by atoms with E-state index in [1.807, 2.05) is 0 Å². The summed E-state index contributed by atoms with van der Waals surface area (Å²) < 4.78 is 5.44. The van der Waals surface area contributed by atoms with E-state index < -0.39 is 0 Å². The lowest BCUT2D eigenvalue weighted by atomic mass is 9.98. The third-order valence-electron chi connectivity index (χ3n) is 2.90. The summed E-state index contributed by atoms with van der Waals surface area (Å²) in [6.45, 7) is 4.20. The minimum Gasteiger partial charge on any atom is -0.458 e. The first-order chi connectivity index (χ1) is 7.24. The van der Waals surface area contributed by atoms with Crippen molar-refractivity contribution in [3.63, 3.8) is 0 Å². The second-order valence-electron chi connectivity index (χ2n) is 4.31. The van der Waals surface area contributed by atoms with Gasteiger partial charge < -0.3 is 4.74 Å². The van der Waals surface area contributed by atoms with E-state index in [0.29, 0.717) is 6.42 Å². The standard InChI is InChI=1S/C13H22O2/c1-3-4-5-10-13(14)15-12-9-7-6-8-11(12)2/h8,12H,3-7,9-10H2,1-2H3. The molecule has 0 fully saturated rings. The number of hydrogen-bond acceptors (Lipinski definition) is 2. The van der Waals surface area contributed by atoms with Crippen molar-refractivity contribution >= 4 is 5.97 Å². The summed E-state index contributed by atoms with van der Waals surface area (Å²) in [7, 11) is 0. The molecule has 0 radical (unpaired) electrons. The van der Waals surface area contributed by atoms with Gasteiger partial charge in [0.2, 0.25) is 0 Å². The maximum atomic E-state index is 11.5. The first kappa shape index (κ1) is 12.3. The van der Waals surface area contributed by atoms with Crippen LogP contribution in [0, 0.1) is 0 Å². The van der Waals surface area contributed by atoms with Crippen molar-refractivity contribution in [2.75, 3.05) is 0 Å². The van der Waals surface area contributed by atoms with Gasteiger partial charge in [0.1, 0.15) is 6.10 Å². The summed E-state index contributed by atoms with van der Waals surface area (Å²) >= 11 is 0. The normalized spacial score (nSPS) is 20.9. The molecular formula is C13H22O2. The van der Waals surface area contributed by atoms with Crippen LogP contribution in [0.5, 0.6) is 0 Å². The highest BCUT2D eigenvalue weighted by Gasteiger charge is 2.18. The number of unbranched alkanes of at least 4 members (excludes halogenated alkanes) is 2. The predicted octanol–water partition coefficient (Wildman–Crippen LogP) is 3.61. The number of rotatable bonds is 5. The molecule has 1 rings (SSSR count). The number of carbonyl (C=O) groups is 1. The molecule has 0 heterocycles. The van der Waals surface area contributed by atoms with Crippen LogP contribution in [0.15, 0.2) is 11.6 Å². The summed E-state index contributed by atoms with van der Waals surface area (Å²) in [6.07, 6.45) is 9.34. The van der Waals surface area contributed by atoms with Crippen LogP contribution >= 0.6 is 0 Å². The van der Waals surface area contributed by atoms with Crippen LogP contribution in [-0.2, 0) is 9.53 Å². The summed E-state index contributed by atoms with van der Waals surface area (Å²) in [6, 6.07) is 0. The fourth-order valence-corrected chi connectivity index (χ4v) is 1.88. The zero-order valence-corrected chi connectivity index (χ0v) is 9.92. The summed E-state index contributed by atoms with van der Waals surface area (Å²) in [5, 5.41) is 0. The van der Waals surface area contributed by atoms with Gasteiger partial charge in [0.25, 0.3) is 0 Å². The minimum atomic E-state index is -0.0249. The molecule has 2 heteroatoms. The lowest BCUT2D eigenvalue weighted by Gasteiger charge is -2.22. The monoisotopic (exact) mass is 210 g/mol. The first-order valence-corrected chi connectivity index (χ1v) is 6.10. The number of hydrogen-bond donors (Lipinski definition) is 0. The molecule has 1 unspecified atom stereocenters. The van der Waals surface area contributed by atoms with Crippen LogP contribution in [0.2, 0.25) is 0 Å². The number of carbonyl (C=O) groups excluding carboxylic acids is 1. The van der Waals surface area contributed by atoms with Crippen molar-refractivity contribution in [3.8, 4) is 0 Å². The molecule has 15 heavy (non-hydrogen) atoms. The van der Waals surface area contributed by atoms with E-state index in [1.165, 1.54) is 5.57 Å². The topological polar surface area (TPSA) is 26.3 Å². The molecule has 0 saturated heterocycles. The lowest BCUT2D eigenvalue weighted by molar-refractivity contribution is -0.148. The molecule has 0 saturated carbocycles. The average Bonchev–Trinajstić information content (AvgIpc) is 2.22. The fourth-order valence-electron chi connectivity index (χ4n) is 1.88. The van der Waals surface area contributed by atoms with E-state index >= 15 is 0 Å². The van der Waals surface area contributed by atoms with E-state index in [0.717, 1.165) is 38.5 Å². The molecule has 0 aromatic rings. The van der Waals surface area contributed by atoms with Gasteiger partial charge in [0, 0.05) is 6.42 Å². The summed E-state index contributed by atoms with van der Waals surface area (Å²) in [5.74, 6) is -0.0249. The maximum absolute atomic E-state index is 11.5. The fraction of sp³-hybridized carbons (Fsp3) is 0.769. The van der Waals surface area contributed by atoms with Gasteiger partial charge in [-0.2, -0.15) is 0 Å². The molecular weight excluding hydrogens is 188 g/mol. The maximum Gasteiger partial charge on any atom is 0.306 e. The molecule has 86 valence electrons. The van der Waals surface area contributed by atoms with Crippen molar-refractivity contribution in [1.82, 2.24) is 0 Å². The molecule has 0 aromatic heterocycles. The van der Waals surface area contributed by atoms with E-state index in [9.17, 15) is 4.79 Å². The van der Waals surface area contributed by atoms with Crippen LogP contribution in [0.1, 0.15) is 58.8 Å². The Kier molecular flexibility index (Phi) is 5.44. The van der Waals surface area contributed by atoms with E-state index in [-0.39, 0.29) is 12.1 Å². The second kappa shape index (κ2) is 6.65. The van der Waals surface area contributed by atoms with Gasteiger partial charge in [-0.25, -0.2) is 0 Å². The second-order valence-corrected chi connectivity index (χ2v) is 4.31. The van der Waals surface area contributed by atoms with Gasteiger partial charge in [0.05, 0.1) is 0 Å². The smallest absolute Gasteiger partial charge is 0.306 e. The van der Waals surface area contributed by atoms with Crippen molar-refractivity contribution in [1.29, 1.82) is 0 Å². The van der Waals surface area contributed by atoms with E-state index in [4.69, 9.17) is 4.74 Å². The SMILES string of the molecule is CCCCCC(=O)OC1CCCC=C1C. The Morgan fingerprint density at radius 1 is 1.53 bits per heavy atom. The highest BCUT2D eigenvalue weighted by molar-refractivity contribution is 5.69. The van der Waals surface area contributed by atoms with Gasteiger partial charge in [0.15, 0.2) is 0 Å². The lowest BCUT2D eigenvalue weighted by Crippen LogP contribution is -2.21. The van der Waals surface area contributed by atoms with Crippen molar-refractivity contribution in [2.45, 2.75) is 64.9 Å². The molecule has 0 bridgehead atoms. The molecule has 0 aliphatic heterocycles. The van der Waals surface area contributed by atoms with Gasteiger partial charge in [-0.3, -0.25) is 4.79 Å². The molecule has 1 aliphatic rings. The Balaban J connectivity index is 2.24. The Labute approximate surface area is 92.7 Å². The highest BCUT2D eigenvalue weighted by Crippen LogP contribution is 2.21. The van der Waals surface area contributed by atoms with Crippen LogP contribution in [0.4, 0.5) is 0 Å². The zero-order valence-electron chi connectivity index (χ0n) is 9.92. The molecule has 1 aliphatic carbocycles. The van der Waals surface area contributed by atoms with Gasteiger partial charge in [-0.1, -0.05) is 25.8 Å². The third-order valence-corrected chi connectivity index (χ3v) is 2.90. The van der Waals surface area contributed by atoms with Gasteiger partial charge >= 0.3 is 5.97 Å². The first-order valence-electron chi connectivity index (χ1n) is 6.10. The number of ether oxygens (including phenoxy) is 1. The predicted molar refractivity (Wildman–Crippen MR) is 61.6 cm³/mol. The van der Waals surface area contributed by atoms with E-state index in [1.54, 1.807) is 0 Å². The Morgan fingerprint density at radius 2 is 2.33 bits per heavy atom. The van der Waals surface area contributed by atoms with Crippen molar-refractivity contribution in [2.24, 2.45) is 0 Å². The Bertz CT molecular complexity index is 231. The molecule has 2 nitrogen and oxygen atoms in total. The average molecular weight is 210 g/mol. The quantitative estimate of drug-likeness (QED) is 0.393. The van der Waals surface area contributed by atoms with E-state index in [2.05, 4.69) is 19.9 Å². The Hall–Kier alpha value is -0.790. The van der Waals surface area contributed by atoms with Crippen LogP contribution in [0.3, 0.4) is 0 Å². The van der Waals surface area contributed by atoms with Crippen LogP contribution in [-0.4, -0.2) is 12.1 Å². The number of allylic oxidation sites excluding steroid dienone is 1.